The zero-order valence-corrected chi connectivity index (χ0v) is 13.0. The zero-order chi connectivity index (χ0) is 15.1. The molecule has 1 aromatic heterocycles. The number of rotatable bonds is 8. The van der Waals surface area contributed by atoms with Crippen molar-refractivity contribution in [3.63, 3.8) is 0 Å². The molecule has 2 rings (SSSR count). The number of nitrogens with zero attached hydrogens (tertiary/aromatic N) is 3. The number of hydrogen-bond donors (Lipinski definition) is 1. The van der Waals surface area contributed by atoms with Gasteiger partial charge < -0.3 is 10.1 Å². The van der Waals surface area contributed by atoms with Gasteiger partial charge in [0.05, 0.1) is 12.8 Å². The molecule has 0 spiro atoms. The monoisotopic (exact) mass is 288 g/mol. The van der Waals surface area contributed by atoms with Crippen molar-refractivity contribution in [2.24, 2.45) is 7.05 Å². The van der Waals surface area contributed by atoms with Crippen LogP contribution >= 0.6 is 0 Å². The molecule has 0 aliphatic heterocycles. The number of methoxy groups -OCH3 is 1. The van der Waals surface area contributed by atoms with Crippen LogP contribution in [-0.2, 0) is 19.9 Å². The number of para-hydroxylation sites is 1. The Morgan fingerprint density at radius 2 is 2.10 bits per heavy atom. The molecule has 0 saturated carbocycles. The van der Waals surface area contributed by atoms with E-state index in [1.54, 1.807) is 11.8 Å². The van der Waals surface area contributed by atoms with Gasteiger partial charge in [-0.25, -0.2) is 0 Å². The van der Waals surface area contributed by atoms with Gasteiger partial charge in [-0.1, -0.05) is 30.3 Å². The Balaban J connectivity index is 2.08. The van der Waals surface area contributed by atoms with E-state index < -0.39 is 0 Å². The van der Waals surface area contributed by atoms with Gasteiger partial charge in [0, 0.05) is 25.7 Å². The van der Waals surface area contributed by atoms with Crippen LogP contribution in [0.2, 0.25) is 0 Å². The fraction of sp³-hybridized carbons (Fsp3) is 0.500. The fourth-order valence-electron chi connectivity index (χ4n) is 2.44. The van der Waals surface area contributed by atoms with E-state index in [4.69, 9.17) is 4.74 Å². The van der Waals surface area contributed by atoms with Crippen molar-refractivity contribution >= 4 is 0 Å². The van der Waals surface area contributed by atoms with E-state index in [2.05, 4.69) is 34.7 Å². The normalized spacial score (nSPS) is 12.3. The number of benzene rings is 1. The number of aryl methyl sites for hydroxylation is 1. The summed E-state index contributed by atoms with van der Waals surface area (Å²) in [6.45, 7) is 3.18. The van der Waals surface area contributed by atoms with E-state index >= 15 is 0 Å². The second kappa shape index (κ2) is 7.78. The van der Waals surface area contributed by atoms with E-state index in [9.17, 15) is 0 Å². The number of ether oxygens (including phenoxy) is 1. The highest BCUT2D eigenvalue weighted by atomic mass is 16.5. The van der Waals surface area contributed by atoms with Crippen LogP contribution in [-0.4, -0.2) is 34.7 Å². The first-order valence-electron chi connectivity index (χ1n) is 7.43. The highest BCUT2D eigenvalue weighted by Crippen LogP contribution is 2.19. The van der Waals surface area contributed by atoms with Crippen LogP contribution < -0.4 is 10.1 Å². The van der Waals surface area contributed by atoms with E-state index in [0.717, 1.165) is 37.3 Å². The Kier molecular flexibility index (Phi) is 5.75. The van der Waals surface area contributed by atoms with Crippen LogP contribution in [0.5, 0.6) is 5.75 Å². The van der Waals surface area contributed by atoms with Crippen LogP contribution in [0.3, 0.4) is 0 Å². The lowest BCUT2D eigenvalue weighted by molar-refractivity contribution is 0.404. The molecule has 1 heterocycles. The second-order valence-electron chi connectivity index (χ2n) is 5.25. The van der Waals surface area contributed by atoms with Gasteiger partial charge in [-0.3, -0.25) is 4.68 Å². The Hall–Kier alpha value is -1.88. The minimum absolute atomic E-state index is 0.331. The molecule has 0 aliphatic rings. The van der Waals surface area contributed by atoms with E-state index in [1.165, 1.54) is 5.56 Å². The summed E-state index contributed by atoms with van der Waals surface area (Å²) in [5.74, 6) is 0.944. The molecule has 1 aromatic carbocycles. The van der Waals surface area contributed by atoms with Gasteiger partial charge in [0.15, 0.2) is 0 Å². The van der Waals surface area contributed by atoms with Crippen LogP contribution in [0.15, 0.2) is 30.5 Å². The standard InChI is InChI=1S/C16H24N4O/c1-4-9-17-14(11-15-12-20(2)19-18-15)10-13-7-5-6-8-16(13)21-3/h5-8,12,14,17H,4,9-11H2,1-3H3. The summed E-state index contributed by atoms with van der Waals surface area (Å²) < 4.78 is 7.19. The van der Waals surface area contributed by atoms with Crippen molar-refractivity contribution < 1.29 is 4.74 Å². The molecule has 2 aromatic rings. The largest absolute Gasteiger partial charge is 0.496 e. The van der Waals surface area contributed by atoms with Gasteiger partial charge in [-0.2, -0.15) is 0 Å². The molecule has 5 heteroatoms. The number of nitrogens with one attached hydrogen (secondary N) is 1. The molecule has 1 N–H and O–H groups in total. The SMILES string of the molecule is CCCNC(Cc1cn(C)nn1)Cc1ccccc1OC. The molecule has 0 saturated heterocycles. The molecule has 0 fully saturated rings. The maximum absolute atomic E-state index is 5.45. The Bertz CT molecular complexity index is 553. The van der Waals surface area contributed by atoms with Gasteiger partial charge in [-0.05, 0) is 31.0 Å². The van der Waals surface area contributed by atoms with Gasteiger partial charge >= 0.3 is 0 Å². The van der Waals surface area contributed by atoms with Crippen molar-refractivity contribution in [3.05, 3.63) is 41.7 Å². The van der Waals surface area contributed by atoms with Crippen LogP contribution in [0.1, 0.15) is 24.6 Å². The van der Waals surface area contributed by atoms with Crippen molar-refractivity contribution in [2.45, 2.75) is 32.2 Å². The third-order valence-corrected chi connectivity index (χ3v) is 3.45. The molecule has 1 atom stereocenters. The summed E-state index contributed by atoms with van der Waals surface area (Å²) in [6, 6.07) is 8.51. The fourth-order valence-corrected chi connectivity index (χ4v) is 2.44. The Labute approximate surface area is 126 Å². The minimum atomic E-state index is 0.331. The average molecular weight is 288 g/mol. The van der Waals surface area contributed by atoms with Crippen molar-refractivity contribution in [3.8, 4) is 5.75 Å². The molecule has 0 bridgehead atoms. The van der Waals surface area contributed by atoms with Gasteiger partial charge in [0.25, 0.3) is 0 Å². The quantitative estimate of drug-likeness (QED) is 0.807. The maximum atomic E-state index is 5.45. The summed E-state index contributed by atoms with van der Waals surface area (Å²) in [7, 11) is 3.61. The molecular formula is C16H24N4O. The molecule has 114 valence electrons. The lowest BCUT2D eigenvalue weighted by atomic mass is 10.0. The zero-order valence-electron chi connectivity index (χ0n) is 13.0. The summed E-state index contributed by atoms with van der Waals surface area (Å²) in [6.07, 6.45) is 4.87. The minimum Gasteiger partial charge on any atom is -0.496 e. The first kappa shape index (κ1) is 15.5. The molecule has 21 heavy (non-hydrogen) atoms. The summed E-state index contributed by atoms with van der Waals surface area (Å²) in [5.41, 5.74) is 2.23. The molecule has 0 amide bonds. The Morgan fingerprint density at radius 3 is 2.76 bits per heavy atom. The Morgan fingerprint density at radius 1 is 1.29 bits per heavy atom. The van der Waals surface area contributed by atoms with Gasteiger partial charge in [-0.15, -0.1) is 5.10 Å². The number of hydrogen-bond acceptors (Lipinski definition) is 4. The maximum Gasteiger partial charge on any atom is 0.122 e. The third kappa shape index (κ3) is 4.56. The first-order chi connectivity index (χ1) is 10.2. The topological polar surface area (TPSA) is 52.0 Å². The van der Waals surface area contributed by atoms with Crippen molar-refractivity contribution in [2.75, 3.05) is 13.7 Å². The summed E-state index contributed by atoms with van der Waals surface area (Å²) in [4.78, 5) is 0. The van der Waals surface area contributed by atoms with E-state index in [0.29, 0.717) is 6.04 Å². The molecule has 0 radical (unpaired) electrons. The molecule has 0 aliphatic carbocycles. The lowest BCUT2D eigenvalue weighted by Crippen LogP contribution is -2.34. The van der Waals surface area contributed by atoms with E-state index in [1.807, 2.05) is 25.4 Å². The smallest absolute Gasteiger partial charge is 0.122 e. The lowest BCUT2D eigenvalue weighted by Gasteiger charge is -2.19. The molecule has 5 nitrogen and oxygen atoms in total. The van der Waals surface area contributed by atoms with Crippen LogP contribution in [0, 0.1) is 0 Å². The summed E-state index contributed by atoms with van der Waals surface area (Å²) in [5, 5.41) is 11.8. The van der Waals surface area contributed by atoms with Crippen LogP contribution in [0.25, 0.3) is 0 Å². The van der Waals surface area contributed by atoms with Gasteiger partial charge in [0.2, 0.25) is 0 Å². The second-order valence-corrected chi connectivity index (χ2v) is 5.25. The number of aromatic nitrogens is 3. The van der Waals surface area contributed by atoms with Gasteiger partial charge in [0.1, 0.15) is 5.75 Å². The van der Waals surface area contributed by atoms with Crippen molar-refractivity contribution in [1.82, 2.24) is 20.3 Å². The third-order valence-electron chi connectivity index (χ3n) is 3.45. The summed E-state index contributed by atoms with van der Waals surface area (Å²) >= 11 is 0. The van der Waals surface area contributed by atoms with Crippen molar-refractivity contribution in [1.29, 1.82) is 0 Å². The highest BCUT2D eigenvalue weighted by molar-refractivity contribution is 5.34. The molecule has 1 unspecified atom stereocenters. The molecular weight excluding hydrogens is 264 g/mol. The predicted molar refractivity (Wildman–Crippen MR) is 83.5 cm³/mol. The van der Waals surface area contributed by atoms with Crippen LogP contribution in [0.4, 0.5) is 0 Å². The predicted octanol–water partition coefficient (Wildman–Crippen LogP) is 1.98. The average Bonchev–Trinajstić information content (AvgIpc) is 2.90. The highest BCUT2D eigenvalue weighted by Gasteiger charge is 2.14. The van der Waals surface area contributed by atoms with E-state index in [-0.39, 0.29) is 0 Å². The first-order valence-corrected chi connectivity index (χ1v) is 7.43.